The van der Waals surface area contributed by atoms with Crippen molar-refractivity contribution in [1.82, 2.24) is 0 Å². The minimum atomic E-state index is -3.90. The topological polar surface area (TPSA) is 101 Å². The SMILES string of the molecule is Cc1cc(N2C(=O)C(C)(C)CS2(=O)=O)ccc1S(=O)(=O)Nc1ccc(C(C)(C)C)cc1. The van der Waals surface area contributed by atoms with Gasteiger partial charge < -0.3 is 0 Å². The maximum absolute atomic E-state index is 12.9. The molecular formula is C22H28N2O5S2. The number of hydrogen-bond donors (Lipinski definition) is 1. The van der Waals surface area contributed by atoms with Gasteiger partial charge in [0.15, 0.2) is 0 Å². The number of nitrogens with one attached hydrogen (secondary N) is 1. The Kier molecular flexibility index (Phi) is 5.51. The number of hydrogen-bond acceptors (Lipinski definition) is 5. The molecule has 1 amide bonds. The minimum absolute atomic E-state index is 0.0134. The Labute approximate surface area is 184 Å². The van der Waals surface area contributed by atoms with Crippen LogP contribution >= 0.6 is 0 Å². The van der Waals surface area contributed by atoms with Gasteiger partial charge in [-0.1, -0.05) is 32.9 Å². The Balaban J connectivity index is 1.91. The van der Waals surface area contributed by atoms with Gasteiger partial charge in [0.1, 0.15) is 0 Å². The number of carbonyl (C=O) groups is 1. The highest BCUT2D eigenvalue weighted by atomic mass is 32.2. The average molecular weight is 465 g/mol. The molecule has 0 aromatic heterocycles. The van der Waals surface area contributed by atoms with Crippen LogP contribution in [0.15, 0.2) is 47.4 Å². The lowest BCUT2D eigenvalue weighted by Crippen LogP contribution is -2.33. The molecule has 1 heterocycles. The normalized spacial score (nSPS) is 18.3. The first kappa shape index (κ1) is 23.3. The van der Waals surface area contributed by atoms with Crippen molar-refractivity contribution >= 4 is 37.3 Å². The monoisotopic (exact) mass is 464 g/mol. The number of sulfonamides is 2. The largest absolute Gasteiger partial charge is 0.280 e. The van der Waals surface area contributed by atoms with E-state index in [4.69, 9.17) is 0 Å². The van der Waals surface area contributed by atoms with Crippen LogP contribution in [0.1, 0.15) is 45.7 Å². The highest BCUT2D eigenvalue weighted by molar-refractivity contribution is 7.94. The van der Waals surface area contributed by atoms with Crippen molar-refractivity contribution in [3.05, 3.63) is 53.6 Å². The molecule has 1 aliphatic heterocycles. The molecule has 1 N–H and O–H groups in total. The van der Waals surface area contributed by atoms with E-state index < -0.39 is 31.4 Å². The van der Waals surface area contributed by atoms with Crippen molar-refractivity contribution in [2.24, 2.45) is 5.41 Å². The van der Waals surface area contributed by atoms with Gasteiger partial charge in [-0.2, -0.15) is 0 Å². The fourth-order valence-corrected chi connectivity index (χ4v) is 6.96. The van der Waals surface area contributed by atoms with Gasteiger partial charge in [0.05, 0.1) is 21.8 Å². The third-order valence-electron chi connectivity index (χ3n) is 5.27. The molecule has 2 aromatic rings. The van der Waals surface area contributed by atoms with Crippen molar-refractivity contribution in [1.29, 1.82) is 0 Å². The second kappa shape index (κ2) is 7.34. The first-order chi connectivity index (χ1) is 14.0. The van der Waals surface area contributed by atoms with Crippen LogP contribution in [0.5, 0.6) is 0 Å². The molecule has 0 aliphatic carbocycles. The van der Waals surface area contributed by atoms with E-state index in [9.17, 15) is 21.6 Å². The third kappa shape index (κ3) is 4.48. The number of nitrogens with zero attached hydrogens (tertiary/aromatic N) is 1. The van der Waals surface area contributed by atoms with Crippen molar-refractivity contribution in [3.8, 4) is 0 Å². The smallest absolute Gasteiger partial charge is 0.262 e. The molecule has 2 aromatic carbocycles. The molecule has 0 atom stereocenters. The summed E-state index contributed by atoms with van der Waals surface area (Å²) in [5.41, 5.74) is 0.903. The maximum Gasteiger partial charge on any atom is 0.262 e. The second-order valence-corrected chi connectivity index (χ2v) is 13.1. The molecule has 9 heteroatoms. The first-order valence-electron chi connectivity index (χ1n) is 9.86. The molecule has 0 saturated carbocycles. The summed E-state index contributed by atoms with van der Waals surface area (Å²) in [4.78, 5) is 12.6. The molecular weight excluding hydrogens is 436 g/mol. The fourth-order valence-electron chi connectivity index (χ4n) is 3.57. The van der Waals surface area contributed by atoms with Gasteiger partial charge in [0, 0.05) is 5.69 Å². The van der Waals surface area contributed by atoms with Crippen LogP contribution in [0.3, 0.4) is 0 Å². The Morgan fingerprint density at radius 2 is 1.61 bits per heavy atom. The number of anilines is 2. The molecule has 168 valence electrons. The van der Waals surface area contributed by atoms with Gasteiger partial charge >= 0.3 is 0 Å². The summed E-state index contributed by atoms with van der Waals surface area (Å²) >= 11 is 0. The van der Waals surface area contributed by atoms with E-state index >= 15 is 0 Å². The minimum Gasteiger partial charge on any atom is -0.280 e. The van der Waals surface area contributed by atoms with Crippen molar-refractivity contribution in [2.45, 2.75) is 51.9 Å². The van der Waals surface area contributed by atoms with E-state index in [0.717, 1.165) is 9.87 Å². The summed E-state index contributed by atoms with van der Waals surface area (Å²) in [6.45, 7) is 10.9. The molecule has 0 bridgehead atoms. The van der Waals surface area contributed by atoms with Gasteiger partial charge in [0.2, 0.25) is 15.9 Å². The summed E-state index contributed by atoms with van der Waals surface area (Å²) in [7, 11) is -7.71. The van der Waals surface area contributed by atoms with E-state index in [0.29, 0.717) is 11.3 Å². The van der Waals surface area contributed by atoms with Crippen LogP contribution < -0.4 is 9.03 Å². The zero-order chi connectivity index (χ0) is 23.4. The molecule has 0 radical (unpaired) electrons. The summed E-state index contributed by atoms with van der Waals surface area (Å²) in [6, 6.07) is 11.2. The van der Waals surface area contributed by atoms with E-state index in [1.165, 1.54) is 18.2 Å². The third-order valence-corrected chi connectivity index (χ3v) is 8.83. The molecule has 31 heavy (non-hydrogen) atoms. The predicted molar refractivity (Wildman–Crippen MR) is 122 cm³/mol. The van der Waals surface area contributed by atoms with Gasteiger partial charge in [-0.05, 0) is 67.6 Å². The quantitative estimate of drug-likeness (QED) is 0.742. The highest BCUT2D eigenvalue weighted by Crippen LogP contribution is 2.37. The lowest BCUT2D eigenvalue weighted by Gasteiger charge is -2.20. The highest BCUT2D eigenvalue weighted by Gasteiger charge is 2.50. The lowest BCUT2D eigenvalue weighted by atomic mass is 9.87. The van der Waals surface area contributed by atoms with Crippen LogP contribution in [0.25, 0.3) is 0 Å². The van der Waals surface area contributed by atoms with E-state index in [-0.39, 0.29) is 21.8 Å². The molecule has 0 spiro atoms. The number of benzene rings is 2. The Bertz CT molecular complexity index is 1240. The zero-order valence-electron chi connectivity index (χ0n) is 18.6. The molecule has 7 nitrogen and oxygen atoms in total. The molecule has 3 rings (SSSR count). The van der Waals surface area contributed by atoms with Gasteiger partial charge in [-0.15, -0.1) is 0 Å². The van der Waals surface area contributed by atoms with Crippen LogP contribution in [0.4, 0.5) is 11.4 Å². The van der Waals surface area contributed by atoms with Crippen LogP contribution in [0, 0.1) is 12.3 Å². The molecule has 1 saturated heterocycles. The molecule has 0 unspecified atom stereocenters. The summed E-state index contributed by atoms with van der Waals surface area (Å²) < 4.78 is 54.2. The van der Waals surface area contributed by atoms with Gasteiger partial charge in [-0.3, -0.25) is 9.52 Å². The fraction of sp³-hybridized carbons (Fsp3) is 0.409. The molecule has 1 aliphatic rings. The Hall–Kier alpha value is -2.39. The van der Waals surface area contributed by atoms with Crippen LogP contribution in [-0.2, 0) is 30.3 Å². The van der Waals surface area contributed by atoms with E-state index in [1.807, 2.05) is 12.1 Å². The number of aryl methyl sites for hydroxylation is 1. The number of amides is 1. The van der Waals surface area contributed by atoms with Crippen molar-refractivity contribution in [3.63, 3.8) is 0 Å². The Morgan fingerprint density at radius 1 is 1.03 bits per heavy atom. The van der Waals surface area contributed by atoms with Crippen molar-refractivity contribution in [2.75, 3.05) is 14.8 Å². The summed E-state index contributed by atoms with van der Waals surface area (Å²) in [5, 5.41) is 0. The maximum atomic E-state index is 12.9. The number of carbonyl (C=O) groups excluding carboxylic acids is 1. The average Bonchev–Trinajstić information content (AvgIpc) is 2.76. The van der Waals surface area contributed by atoms with Gasteiger partial charge in [-0.25, -0.2) is 21.1 Å². The standard InChI is InChI=1S/C22H28N2O5S2/c1-15-13-18(24-20(25)22(5,6)14-30(24,26)27)11-12-19(15)31(28,29)23-17-9-7-16(8-10-17)21(2,3)4/h7-13,23H,14H2,1-6H3. The van der Waals surface area contributed by atoms with Crippen molar-refractivity contribution < 1.29 is 21.6 Å². The number of rotatable bonds is 4. The predicted octanol–water partition coefficient (Wildman–Crippen LogP) is 3.80. The van der Waals surface area contributed by atoms with Crippen LogP contribution in [-0.4, -0.2) is 28.5 Å². The van der Waals surface area contributed by atoms with Gasteiger partial charge in [0.25, 0.3) is 10.0 Å². The first-order valence-corrected chi connectivity index (χ1v) is 13.0. The summed E-state index contributed by atoms with van der Waals surface area (Å²) in [6.07, 6.45) is 0. The summed E-state index contributed by atoms with van der Waals surface area (Å²) in [5.74, 6) is -0.816. The van der Waals surface area contributed by atoms with E-state index in [2.05, 4.69) is 25.5 Å². The van der Waals surface area contributed by atoms with E-state index in [1.54, 1.807) is 32.9 Å². The van der Waals surface area contributed by atoms with Crippen LogP contribution in [0.2, 0.25) is 0 Å². The Morgan fingerprint density at radius 3 is 2.06 bits per heavy atom. The second-order valence-electron chi connectivity index (χ2n) is 9.59. The zero-order valence-corrected chi connectivity index (χ0v) is 20.2. The molecule has 1 fully saturated rings. The lowest BCUT2D eigenvalue weighted by molar-refractivity contribution is -0.123.